The fourth-order valence-electron chi connectivity index (χ4n) is 4.21. The van der Waals surface area contributed by atoms with Gasteiger partial charge in [0.05, 0.1) is 11.0 Å². The van der Waals surface area contributed by atoms with Gasteiger partial charge in [-0.15, -0.1) is 0 Å². The second kappa shape index (κ2) is 8.96. The van der Waals surface area contributed by atoms with E-state index in [0.29, 0.717) is 17.1 Å². The van der Waals surface area contributed by atoms with E-state index in [-0.39, 0.29) is 11.7 Å². The average Bonchev–Trinajstić information content (AvgIpc) is 3.18. The zero-order valence-electron chi connectivity index (χ0n) is 18.3. The Hall–Kier alpha value is -3.22. The Morgan fingerprint density at radius 2 is 1.67 bits per heavy atom. The minimum Gasteiger partial charge on any atom is -0.336 e. The van der Waals surface area contributed by atoms with E-state index < -0.39 is 0 Å². The van der Waals surface area contributed by atoms with Crippen molar-refractivity contribution < 1.29 is 9.18 Å². The van der Waals surface area contributed by atoms with E-state index >= 15 is 0 Å². The predicted molar refractivity (Wildman–Crippen MR) is 129 cm³/mol. The Labute approximate surface area is 197 Å². The first-order valence-electron chi connectivity index (χ1n) is 11.0. The zero-order chi connectivity index (χ0) is 22.9. The molecule has 3 aromatic carbocycles. The molecule has 0 spiro atoms. The van der Waals surface area contributed by atoms with Crippen LogP contribution in [-0.4, -0.2) is 58.5 Å². The van der Waals surface area contributed by atoms with E-state index in [9.17, 15) is 9.18 Å². The van der Waals surface area contributed by atoms with Gasteiger partial charge in [0, 0.05) is 48.9 Å². The van der Waals surface area contributed by atoms with Crippen molar-refractivity contribution in [2.75, 3.05) is 33.2 Å². The van der Waals surface area contributed by atoms with Crippen LogP contribution < -0.4 is 0 Å². The van der Waals surface area contributed by atoms with Crippen molar-refractivity contribution in [1.29, 1.82) is 0 Å². The van der Waals surface area contributed by atoms with Crippen LogP contribution in [0.5, 0.6) is 0 Å². The number of hydrogen-bond donors (Lipinski definition) is 0. The number of nitrogens with zero attached hydrogens (tertiary/aromatic N) is 4. The van der Waals surface area contributed by atoms with Crippen LogP contribution in [0.25, 0.3) is 22.4 Å². The summed E-state index contributed by atoms with van der Waals surface area (Å²) in [6.07, 6.45) is 0. The molecule has 5 nitrogen and oxygen atoms in total. The van der Waals surface area contributed by atoms with Crippen LogP contribution in [0, 0.1) is 5.82 Å². The second-order valence-corrected chi connectivity index (χ2v) is 8.89. The number of imidazole rings is 1. The molecule has 1 aromatic heterocycles. The van der Waals surface area contributed by atoms with Crippen molar-refractivity contribution in [3.05, 3.63) is 88.7 Å². The van der Waals surface area contributed by atoms with Crippen LogP contribution in [0.15, 0.2) is 66.7 Å². The van der Waals surface area contributed by atoms with Crippen LogP contribution in [-0.2, 0) is 6.54 Å². The number of fused-ring (bicyclic) bond motifs is 1. The van der Waals surface area contributed by atoms with E-state index in [2.05, 4.69) is 16.5 Å². The first kappa shape index (κ1) is 21.6. The zero-order valence-corrected chi connectivity index (χ0v) is 19.1. The van der Waals surface area contributed by atoms with Gasteiger partial charge in [-0.25, -0.2) is 9.37 Å². The number of rotatable bonds is 4. The van der Waals surface area contributed by atoms with Gasteiger partial charge in [-0.3, -0.25) is 4.79 Å². The van der Waals surface area contributed by atoms with Gasteiger partial charge >= 0.3 is 0 Å². The maximum absolute atomic E-state index is 13.4. The molecule has 5 rings (SSSR count). The van der Waals surface area contributed by atoms with E-state index in [1.165, 1.54) is 12.1 Å². The number of likely N-dealkylation sites (N-methyl/N-ethyl adjacent to an activating group) is 1. The van der Waals surface area contributed by atoms with Crippen LogP contribution in [0.4, 0.5) is 4.39 Å². The first-order valence-corrected chi connectivity index (χ1v) is 11.3. The van der Waals surface area contributed by atoms with Gasteiger partial charge in [-0.05, 0) is 55.1 Å². The number of halogens is 2. The Bertz CT molecular complexity index is 1290. The fraction of sp³-hybridized carbons (Fsp3) is 0.231. The number of hydrogen-bond acceptors (Lipinski definition) is 3. The largest absolute Gasteiger partial charge is 0.336 e. The summed E-state index contributed by atoms with van der Waals surface area (Å²) in [5.41, 5.74) is 4.27. The van der Waals surface area contributed by atoms with Crippen molar-refractivity contribution in [2.45, 2.75) is 6.54 Å². The van der Waals surface area contributed by atoms with Gasteiger partial charge in [0.25, 0.3) is 5.91 Å². The normalized spacial score (nSPS) is 14.7. The summed E-state index contributed by atoms with van der Waals surface area (Å²) in [5.74, 6) is 0.568. The molecule has 4 aromatic rings. The number of carbonyl (C=O) groups is 1. The van der Waals surface area contributed by atoms with Crippen LogP contribution in [0.2, 0.25) is 5.02 Å². The number of benzene rings is 3. The third-order valence-corrected chi connectivity index (χ3v) is 6.38. The molecule has 0 N–H and O–H groups in total. The SMILES string of the molecule is CN1CCN(C(=O)c2ccc(-c3nc4cc(Cl)ccc4n3Cc3ccc(F)cc3)cc2)CC1. The molecule has 0 radical (unpaired) electrons. The molecule has 33 heavy (non-hydrogen) atoms. The lowest BCUT2D eigenvalue weighted by Gasteiger charge is -2.32. The monoisotopic (exact) mass is 462 g/mol. The number of carbonyl (C=O) groups excluding carboxylic acids is 1. The lowest BCUT2D eigenvalue weighted by atomic mass is 10.1. The summed E-state index contributed by atoms with van der Waals surface area (Å²) < 4.78 is 15.5. The molecule has 1 aliphatic rings. The van der Waals surface area contributed by atoms with Gasteiger partial charge in [-0.1, -0.05) is 35.9 Å². The summed E-state index contributed by atoms with van der Waals surface area (Å²) in [7, 11) is 2.07. The molecular weight excluding hydrogens is 439 g/mol. The van der Waals surface area contributed by atoms with Crippen molar-refractivity contribution in [1.82, 2.24) is 19.4 Å². The minimum atomic E-state index is -0.262. The molecule has 0 unspecified atom stereocenters. The summed E-state index contributed by atoms with van der Waals surface area (Å²) in [5, 5.41) is 0.619. The van der Waals surface area contributed by atoms with E-state index in [4.69, 9.17) is 16.6 Å². The quantitative estimate of drug-likeness (QED) is 0.431. The topological polar surface area (TPSA) is 41.4 Å². The highest BCUT2D eigenvalue weighted by Gasteiger charge is 2.21. The van der Waals surface area contributed by atoms with Crippen molar-refractivity contribution in [3.63, 3.8) is 0 Å². The maximum Gasteiger partial charge on any atom is 0.253 e. The molecule has 0 saturated carbocycles. The first-order chi connectivity index (χ1) is 16.0. The highest BCUT2D eigenvalue weighted by molar-refractivity contribution is 6.31. The molecule has 0 aliphatic carbocycles. The van der Waals surface area contributed by atoms with Gasteiger partial charge in [0.2, 0.25) is 0 Å². The molecule has 2 heterocycles. The molecule has 168 valence electrons. The van der Waals surface area contributed by atoms with Crippen LogP contribution >= 0.6 is 11.6 Å². The lowest BCUT2D eigenvalue weighted by Crippen LogP contribution is -2.47. The molecule has 0 atom stereocenters. The maximum atomic E-state index is 13.4. The number of piperazine rings is 1. The van der Waals surface area contributed by atoms with Crippen molar-refractivity contribution >= 4 is 28.5 Å². The molecule has 1 amide bonds. The molecule has 0 bridgehead atoms. The molecule has 1 aliphatic heterocycles. The third kappa shape index (κ3) is 4.49. The highest BCUT2D eigenvalue weighted by Crippen LogP contribution is 2.28. The minimum absolute atomic E-state index is 0.0567. The summed E-state index contributed by atoms with van der Waals surface area (Å²) in [6.45, 7) is 3.80. The Kier molecular flexibility index (Phi) is 5.87. The smallest absolute Gasteiger partial charge is 0.253 e. The Morgan fingerprint density at radius 1 is 0.970 bits per heavy atom. The van der Waals surface area contributed by atoms with Gasteiger partial charge in [-0.2, -0.15) is 0 Å². The van der Waals surface area contributed by atoms with Gasteiger partial charge < -0.3 is 14.4 Å². The molecule has 1 fully saturated rings. The number of amides is 1. The molecule has 1 saturated heterocycles. The van der Waals surface area contributed by atoms with Gasteiger partial charge in [0.1, 0.15) is 11.6 Å². The summed E-state index contributed by atoms with van der Waals surface area (Å²) >= 11 is 6.21. The van der Waals surface area contributed by atoms with Crippen LogP contribution in [0.1, 0.15) is 15.9 Å². The third-order valence-electron chi connectivity index (χ3n) is 6.14. The van der Waals surface area contributed by atoms with Crippen LogP contribution in [0.3, 0.4) is 0 Å². The molecule has 7 heteroatoms. The Morgan fingerprint density at radius 3 is 2.36 bits per heavy atom. The average molecular weight is 463 g/mol. The lowest BCUT2D eigenvalue weighted by molar-refractivity contribution is 0.0664. The molecular formula is C26H24ClFN4O. The second-order valence-electron chi connectivity index (χ2n) is 8.45. The highest BCUT2D eigenvalue weighted by atomic mass is 35.5. The summed E-state index contributed by atoms with van der Waals surface area (Å²) in [6, 6.07) is 19.7. The van der Waals surface area contributed by atoms with Gasteiger partial charge in [0.15, 0.2) is 0 Å². The fourth-order valence-corrected chi connectivity index (χ4v) is 4.38. The van der Waals surface area contributed by atoms with Crippen molar-refractivity contribution in [3.8, 4) is 11.4 Å². The van der Waals surface area contributed by atoms with E-state index in [0.717, 1.165) is 54.2 Å². The van der Waals surface area contributed by atoms with Crippen molar-refractivity contribution in [2.24, 2.45) is 0 Å². The summed E-state index contributed by atoms with van der Waals surface area (Å²) in [4.78, 5) is 21.9. The van der Waals surface area contributed by atoms with E-state index in [1.807, 2.05) is 47.4 Å². The number of aromatic nitrogens is 2. The standard InChI is InChI=1S/C26H24ClFN4O/c1-30-12-14-31(15-13-30)26(33)20-6-4-19(5-7-20)25-29-23-16-21(27)8-11-24(23)32(25)17-18-2-9-22(28)10-3-18/h2-11,16H,12-15,17H2,1H3. The predicted octanol–water partition coefficient (Wildman–Crippen LogP) is 4.93. The Balaban J connectivity index is 1.48. The van der Waals surface area contributed by atoms with E-state index in [1.54, 1.807) is 12.1 Å².